The van der Waals surface area contributed by atoms with E-state index >= 15 is 0 Å². The fraction of sp³-hybridized carbons (Fsp3) is 0.417. The molecule has 0 saturated heterocycles. The number of aryl methyl sites for hydroxylation is 1. The number of carbonyl (C=O) groups is 1. The summed E-state index contributed by atoms with van der Waals surface area (Å²) >= 11 is 0. The third-order valence-electron chi connectivity index (χ3n) is 2.31. The Labute approximate surface area is 97.4 Å². The molecule has 0 fully saturated rings. The molecule has 0 radical (unpaired) electrons. The number of ether oxygens (including phenoxy) is 1. The molecule has 0 aliphatic rings. The second-order valence-corrected chi connectivity index (χ2v) is 3.62. The zero-order valence-corrected chi connectivity index (χ0v) is 9.81. The van der Waals surface area contributed by atoms with Crippen LogP contribution < -0.4 is 4.74 Å². The molecule has 0 amide bonds. The van der Waals surface area contributed by atoms with Crippen LogP contribution in [0.1, 0.15) is 35.3 Å². The fourth-order valence-corrected chi connectivity index (χ4v) is 1.64. The van der Waals surface area contributed by atoms with Gasteiger partial charge in [-0.05, 0) is 32.4 Å². The van der Waals surface area contributed by atoms with Gasteiger partial charge in [-0.25, -0.2) is 0 Å². The first-order valence-electron chi connectivity index (χ1n) is 5.13. The van der Waals surface area contributed by atoms with Gasteiger partial charge in [-0.3, -0.25) is 4.79 Å². The number of hydrogen-bond donors (Lipinski definition) is 0. The van der Waals surface area contributed by atoms with Crippen molar-refractivity contribution in [1.29, 1.82) is 0 Å². The van der Waals surface area contributed by atoms with E-state index in [0.717, 1.165) is 6.07 Å². The van der Waals surface area contributed by atoms with E-state index in [0.29, 0.717) is 5.56 Å². The van der Waals surface area contributed by atoms with Crippen molar-refractivity contribution in [3.8, 4) is 5.75 Å². The van der Waals surface area contributed by atoms with Gasteiger partial charge in [0, 0.05) is 0 Å². The Kier molecular flexibility index (Phi) is 3.80. The van der Waals surface area contributed by atoms with Crippen molar-refractivity contribution in [2.75, 3.05) is 6.61 Å². The van der Waals surface area contributed by atoms with Crippen LogP contribution in [0.15, 0.2) is 12.1 Å². The summed E-state index contributed by atoms with van der Waals surface area (Å²) in [5, 5.41) is 0. The van der Waals surface area contributed by atoms with Crippen molar-refractivity contribution in [3.63, 3.8) is 0 Å². The SMILES string of the molecule is CCOc1c(C(F)(F)F)ccc(C)c1C(C)=O. The highest BCUT2D eigenvalue weighted by Gasteiger charge is 2.36. The topological polar surface area (TPSA) is 26.3 Å². The minimum absolute atomic E-state index is 0.00155. The Hall–Kier alpha value is -1.52. The van der Waals surface area contributed by atoms with Crippen LogP contribution in [0.2, 0.25) is 0 Å². The van der Waals surface area contributed by atoms with Gasteiger partial charge < -0.3 is 4.74 Å². The van der Waals surface area contributed by atoms with Crippen molar-refractivity contribution in [3.05, 3.63) is 28.8 Å². The van der Waals surface area contributed by atoms with E-state index in [1.165, 1.54) is 13.0 Å². The number of rotatable bonds is 3. The van der Waals surface area contributed by atoms with Crippen LogP contribution in [0, 0.1) is 6.92 Å². The van der Waals surface area contributed by atoms with Gasteiger partial charge in [-0.1, -0.05) is 6.07 Å². The lowest BCUT2D eigenvalue weighted by Gasteiger charge is -2.17. The summed E-state index contributed by atoms with van der Waals surface area (Å²) in [5.41, 5.74) is -0.425. The second kappa shape index (κ2) is 4.77. The van der Waals surface area contributed by atoms with Crippen LogP contribution >= 0.6 is 0 Å². The van der Waals surface area contributed by atoms with Gasteiger partial charge in [0.25, 0.3) is 0 Å². The second-order valence-electron chi connectivity index (χ2n) is 3.62. The summed E-state index contributed by atoms with van der Waals surface area (Å²) in [4.78, 5) is 11.4. The molecule has 17 heavy (non-hydrogen) atoms. The van der Waals surface area contributed by atoms with Crippen LogP contribution in [-0.4, -0.2) is 12.4 Å². The number of hydrogen-bond acceptors (Lipinski definition) is 2. The first-order chi connectivity index (χ1) is 7.79. The van der Waals surface area contributed by atoms with E-state index in [1.807, 2.05) is 0 Å². The number of alkyl halides is 3. The quantitative estimate of drug-likeness (QED) is 0.761. The van der Waals surface area contributed by atoms with Gasteiger partial charge >= 0.3 is 6.18 Å². The third kappa shape index (κ3) is 2.78. The van der Waals surface area contributed by atoms with Crippen molar-refractivity contribution in [2.24, 2.45) is 0 Å². The molecule has 0 atom stereocenters. The standard InChI is InChI=1S/C12H13F3O2/c1-4-17-11-9(12(13,14)15)6-5-7(2)10(11)8(3)16/h5-6H,4H2,1-3H3. The highest BCUT2D eigenvalue weighted by Crippen LogP contribution is 2.39. The van der Waals surface area contributed by atoms with Gasteiger partial charge in [0.15, 0.2) is 5.78 Å². The molecule has 1 aromatic rings. The maximum atomic E-state index is 12.8. The Bertz CT molecular complexity index is 436. The molecule has 0 saturated carbocycles. The number of Topliss-reactive ketones (excluding diaryl/α,β-unsaturated/α-hetero) is 1. The van der Waals surface area contributed by atoms with E-state index in [2.05, 4.69) is 0 Å². The summed E-state index contributed by atoms with van der Waals surface area (Å²) in [6.45, 7) is 4.46. The van der Waals surface area contributed by atoms with Gasteiger partial charge in [0.2, 0.25) is 0 Å². The molecular formula is C12H13F3O2. The Morgan fingerprint density at radius 1 is 1.35 bits per heavy atom. The molecule has 0 N–H and O–H groups in total. The molecule has 0 aliphatic carbocycles. The highest BCUT2D eigenvalue weighted by atomic mass is 19.4. The average Bonchev–Trinajstić information content (AvgIpc) is 2.15. The maximum Gasteiger partial charge on any atom is 0.419 e. The van der Waals surface area contributed by atoms with E-state index in [9.17, 15) is 18.0 Å². The minimum atomic E-state index is -4.53. The van der Waals surface area contributed by atoms with Crippen LogP contribution in [0.4, 0.5) is 13.2 Å². The van der Waals surface area contributed by atoms with Crippen molar-refractivity contribution >= 4 is 5.78 Å². The monoisotopic (exact) mass is 246 g/mol. The maximum absolute atomic E-state index is 12.8. The highest BCUT2D eigenvalue weighted by molar-refractivity contribution is 5.98. The first-order valence-corrected chi connectivity index (χ1v) is 5.13. The Morgan fingerprint density at radius 2 is 1.94 bits per heavy atom. The van der Waals surface area contributed by atoms with Gasteiger partial charge in [0.1, 0.15) is 5.75 Å². The molecule has 1 rings (SSSR count). The van der Waals surface area contributed by atoms with Gasteiger partial charge in [-0.15, -0.1) is 0 Å². The largest absolute Gasteiger partial charge is 0.492 e. The molecule has 0 unspecified atom stereocenters. The first kappa shape index (κ1) is 13.5. The Balaban J connectivity index is 3.53. The van der Waals surface area contributed by atoms with E-state index < -0.39 is 17.5 Å². The van der Waals surface area contributed by atoms with Gasteiger partial charge in [0.05, 0.1) is 17.7 Å². The predicted molar refractivity (Wildman–Crippen MR) is 57.4 cm³/mol. The van der Waals surface area contributed by atoms with Crippen molar-refractivity contribution < 1.29 is 22.7 Å². The van der Waals surface area contributed by atoms with Crippen LogP contribution in [0.25, 0.3) is 0 Å². The molecule has 0 bridgehead atoms. The van der Waals surface area contributed by atoms with Crippen LogP contribution in [0.3, 0.4) is 0 Å². The summed E-state index contributed by atoms with van der Waals surface area (Å²) < 4.78 is 43.3. The lowest BCUT2D eigenvalue weighted by molar-refractivity contribution is -0.138. The molecular weight excluding hydrogens is 233 g/mol. The van der Waals surface area contributed by atoms with E-state index in [-0.39, 0.29) is 17.9 Å². The molecule has 2 nitrogen and oxygen atoms in total. The molecule has 5 heteroatoms. The van der Waals surface area contributed by atoms with Crippen molar-refractivity contribution in [1.82, 2.24) is 0 Å². The number of ketones is 1. The number of carbonyl (C=O) groups excluding carboxylic acids is 1. The number of halogens is 3. The van der Waals surface area contributed by atoms with Crippen molar-refractivity contribution in [2.45, 2.75) is 26.9 Å². The van der Waals surface area contributed by atoms with E-state index in [4.69, 9.17) is 4.74 Å². The molecule has 0 heterocycles. The number of benzene rings is 1. The lowest BCUT2D eigenvalue weighted by Crippen LogP contribution is -2.13. The zero-order valence-electron chi connectivity index (χ0n) is 9.81. The summed E-state index contributed by atoms with van der Waals surface area (Å²) in [7, 11) is 0. The summed E-state index contributed by atoms with van der Waals surface area (Å²) in [6, 6.07) is 2.22. The molecule has 0 spiro atoms. The average molecular weight is 246 g/mol. The summed E-state index contributed by atoms with van der Waals surface area (Å²) in [6.07, 6.45) is -4.53. The molecule has 94 valence electrons. The van der Waals surface area contributed by atoms with E-state index in [1.54, 1.807) is 13.8 Å². The Morgan fingerprint density at radius 3 is 2.35 bits per heavy atom. The molecule has 1 aromatic carbocycles. The molecule has 0 aliphatic heterocycles. The molecule has 0 aromatic heterocycles. The fourth-order valence-electron chi connectivity index (χ4n) is 1.64. The third-order valence-corrected chi connectivity index (χ3v) is 2.31. The normalized spacial score (nSPS) is 11.4. The summed E-state index contributed by atoms with van der Waals surface area (Å²) in [5.74, 6) is -0.801. The minimum Gasteiger partial charge on any atom is -0.492 e. The van der Waals surface area contributed by atoms with Gasteiger partial charge in [-0.2, -0.15) is 13.2 Å². The lowest BCUT2D eigenvalue weighted by atomic mass is 10.00. The van der Waals surface area contributed by atoms with Crippen LogP contribution in [-0.2, 0) is 6.18 Å². The van der Waals surface area contributed by atoms with Crippen LogP contribution in [0.5, 0.6) is 5.75 Å². The zero-order chi connectivity index (χ0) is 13.2. The predicted octanol–water partition coefficient (Wildman–Crippen LogP) is 3.62. The smallest absolute Gasteiger partial charge is 0.419 e.